The van der Waals surface area contributed by atoms with Gasteiger partial charge in [0.25, 0.3) is 0 Å². The first-order chi connectivity index (χ1) is 9.99. The molecule has 0 aliphatic heterocycles. The van der Waals surface area contributed by atoms with Gasteiger partial charge in [0, 0.05) is 6.54 Å². The zero-order chi connectivity index (χ0) is 15.4. The summed E-state index contributed by atoms with van der Waals surface area (Å²) in [5.74, 6) is -1.77. The van der Waals surface area contributed by atoms with Crippen LogP contribution in [0.2, 0.25) is 0 Å². The van der Waals surface area contributed by atoms with Crippen molar-refractivity contribution in [2.75, 3.05) is 11.9 Å². The Kier molecular flexibility index (Phi) is 4.77. The van der Waals surface area contributed by atoms with Crippen LogP contribution in [-0.4, -0.2) is 23.7 Å². The van der Waals surface area contributed by atoms with E-state index in [2.05, 4.69) is 10.6 Å². The van der Waals surface area contributed by atoms with Crippen molar-refractivity contribution in [1.29, 1.82) is 0 Å². The number of benzene rings is 1. The first-order valence-corrected chi connectivity index (χ1v) is 7.02. The van der Waals surface area contributed by atoms with Crippen LogP contribution in [-0.2, 0) is 4.79 Å². The summed E-state index contributed by atoms with van der Waals surface area (Å²) in [4.78, 5) is 22.9. The highest BCUT2D eigenvalue weighted by molar-refractivity contribution is 5.90. The number of nitrogens with one attached hydrogen (secondary N) is 2. The first kappa shape index (κ1) is 15.3. The molecule has 0 heterocycles. The molecule has 0 spiro atoms. The number of amides is 2. The van der Waals surface area contributed by atoms with Crippen LogP contribution >= 0.6 is 0 Å². The summed E-state index contributed by atoms with van der Waals surface area (Å²) in [7, 11) is 0. The third kappa shape index (κ3) is 3.71. The molecule has 0 saturated heterocycles. The van der Waals surface area contributed by atoms with Crippen LogP contribution in [0.3, 0.4) is 0 Å². The fourth-order valence-electron chi connectivity index (χ4n) is 2.78. The maximum atomic E-state index is 13.6. The van der Waals surface area contributed by atoms with Crippen LogP contribution in [0.25, 0.3) is 0 Å². The molecule has 0 radical (unpaired) electrons. The molecule has 1 aromatic carbocycles. The Morgan fingerprint density at radius 1 is 1.38 bits per heavy atom. The number of para-hydroxylation sites is 1. The molecule has 0 bridgehead atoms. The second kappa shape index (κ2) is 6.56. The Bertz CT molecular complexity index is 527. The third-order valence-corrected chi connectivity index (χ3v) is 3.96. The number of carboxylic acid groups (broad SMARTS) is 1. The van der Waals surface area contributed by atoms with Crippen molar-refractivity contribution in [2.24, 2.45) is 11.8 Å². The van der Waals surface area contributed by atoms with Gasteiger partial charge in [0.15, 0.2) is 0 Å². The van der Waals surface area contributed by atoms with Crippen molar-refractivity contribution in [1.82, 2.24) is 5.32 Å². The van der Waals surface area contributed by atoms with Crippen LogP contribution in [0, 0.1) is 24.6 Å². The molecule has 2 atom stereocenters. The number of urea groups is 1. The van der Waals surface area contributed by atoms with Crippen molar-refractivity contribution >= 4 is 17.7 Å². The molecule has 1 fully saturated rings. The molecule has 1 saturated carbocycles. The van der Waals surface area contributed by atoms with E-state index in [1.165, 1.54) is 6.07 Å². The Morgan fingerprint density at radius 3 is 2.81 bits per heavy atom. The summed E-state index contributed by atoms with van der Waals surface area (Å²) >= 11 is 0. The van der Waals surface area contributed by atoms with Gasteiger partial charge in [-0.05, 0) is 37.3 Å². The Hall–Kier alpha value is -2.11. The van der Waals surface area contributed by atoms with Crippen LogP contribution < -0.4 is 10.6 Å². The normalized spacial score (nSPS) is 21.0. The minimum atomic E-state index is -0.815. The number of rotatable bonds is 4. The minimum Gasteiger partial charge on any atom is -0.481 e. The van der Waals surface area contributed by atoms with Crippen molar-refractivity contribution in [3.05, 3.63) is 29.6 Å². The van der Waals surface area contributed by atoms with Crippen molar-refractivity contribution in [3.8, 4) is 0 Å². The van der Waals surface area contributed by atoms with E-state index in [-0.39, 0.29) is 18.2 Å². The zero-order valence-corrected chi connectivity index (χ0v) is 11.9. The van der Waals surface area contributed by atoms with Crippen molar-refractivity contribution in [3.63, 3.8) is 0 Å². The number of halogens is 1. The Labute approximate surface area is 122 Å². The first-order valence-electron chi connectivity index (χ1n) is 7.02. The van der Waals surface area contributed by atoms with Gasteiger partial charge in [-0.2, -0.15) is 0 Å². The van der Waals surface area contributed by atoms with Gasteiger partial charge in [-0.15, -0.1) is 0 Å². The molecule has 3 N–H and O–H groups in total. The van der Waals surface area contributed by atoms with Crippen LogP contribution in [0.1, 0.15) is 24.8 Å². The number of carbonyl (C=O) groups is 2. The Morgan fingerprint density at radius 2 is 2.14 bits per heavy atom. The predicted molar refractivity (Wildman–Crippen MR) is 76.6 cm³/mol. The van der Waals surface area contributed by atoms with E-state index in [0.29, 0.717) is 12.0 Å². The lowest BCUT2D eigenvalue weighted by atomic mass is 9.96. The van der Waals surface area contributed by atoms with Crippen molar-refractivity contribution < 1.29 is 19.1 Å². The largest absolute Gasteiger partial charge is 0.481 e. The number of anilines is 1. The lowest BCUT2D eigenvalue weighted by Crippen LogP contribution is -2.36. The smallest absolute Gasteiger partial charge is 0.319 e. The highest BCUT2D eigenvalue weighted by atomic mass is 19.1. The summed E-state index contributed by atoms with van der Waals surface area (Å²) < 4.78 is 13.6. The van der Waals surface area contributed by atoms with Gasteiger partial charge in [-0.3, -0.25) is 4.79 Å². The molecule has 0 aromatic heterocycles. The lowest BCUT2D eigenvalue weighted by molar-refractivity contribution is -0.142. The number of hydrogen-bond donors (Lipinski definition) is 3. The summed E-state index contributed by atoms with van der Waals surface area (Å²) in [5.41, 5.74) is 0.783. The average molecular weight is 294 g/mol. The number of carbonyl (C=O) groups excluding carboxylic acids is 1. The molecule has 6 heteroatoms. The van der Waals surface area contributed by atoms with Gasteiger partial charge < -0.3 is 15.7 Å². The topological polar surface area (TPSA) is 78.4 Å². The molecule has 2 rings (SSSR count). The minimum absolute atomic E-state index is 0.0602. The standard InChI is InChI=1S/C15H19FN2O3/c1-9-4-2-7-12(16)13(9)18-15(21)17-8-10-5-3-6-11(10)14(19)20/h2,4,7,10-11H,3,5-6,8H2,1H3,(H,19,20)(H2,17,18,21). The Balaban J connectivity index is 1.89. The lowest BCUT2D eigenvalue weighted by Gasteiger charge is -2.17. The number of carboxylic acids is 1. The van der Waals surface area contributed by atoms with Crippen LogP contribution in [0.4, 0.5) is 14.9 Å². The molecule has 114 valence electrons. The summed E-state index contributed by atoms with van der Waals surface area (Å²) in [6.45, 7) is 1.99. The van der Waals surface area contributed by atoms with Gasteiger partial charge in [0.1, 0.15) is 5.82 Å². The van der Waals surface area contributed by atoms with E-state index in [0.717, 1.165) is 12.8 Å². The van der Waals surface area contributed by atoms with Crippen LogP contribution in [0.5, 0.6) is 0 Å². The molecular weight excluding hydrogens is 275 g/mol. The van der Waals surface area contributed by atoms with E-state index in [9.17, 15) is 14.0 Å². The second-order valence-corrected chi connectivity index (χ2v) is 5.40. The second-order valence-electron chi connectivity index (χ2n) is 5.40. The molecule has 2 amide bonds. The number of aryl methyl sites for hydroxylation is 1. The number of aliphatic carboxylic acids is 1. The quantitative estimate of drug-likeness (QED) is 0.799. The summed E-state index contributed by atoms with van der Waals surface area (Å²) in [6, 6.07) is 4.04. The molecule has 1 aliphatic carbocycles. The van der Waals surface area contributed by atoms with Gasteiger partial charge in [-0.25, -0.2) is 9.18 Å². The predicted octanol–water partition coefficient (Wildman–Crippen LogP) is 2.76. The van der Waals surface area contributed by atoms with Gasteiger partial charge in [0.05, 0.1) is 11.6 Å². The maximum absolute atomic E-state index is 13.6. The van der Waals surface area contributed by atoms with Crippen molar-refractivity contribution in [2.45, 2.75) is 26.2 Å². The highest BCUT2D eigenvalue weighted by Crippen LogP contribution is 2.31. The molecule has 2 unspecified atom stereocenters. The number of hydrogen-bond acceptors (Lipinski definition) is 2. The SMILES string of the molecule is Cc1cccc(F)c1NC(=O)NCC1CCCC1C(=O)O. The molecular formula is C15H19FN2O3. The molecule has 5 nitrogen and oxygen atoms in total. The third-order valence-electron chi connectivity index (χ3n) is 3.96. The zero-order valence-electron chi connectivity index (χ0n) is 11.9. The monoisotopic (exact) mass is 294 g/mol. The molecule has 1 aliphatic rings. The molecule has 21 heavy (non-hydrogen) atoms. The van der Waals surface area contributed by atoms with Gasteiger partial charge in [0.2, 0.25) is 0 Å². The summed E-state index contributed by atoms with van der Waals surface area (Å²) in [5, 5.41) is 14.2. The highest BCUT2D eigenvalue weighted by Gasteiger charge is 2.32. The van der Waals surface area contributed by atoms with E-state index in [1.807, 2.05) is 0 Å². The van der Waals surface area contributed by atoms with E-state index >= 15 is 0 Å². The van der Waals surface area contributed by atoms with E-state index in [4.69, 9.17) is 5.11 Å². The fourth-order valence-corrected chi connectivity index (χ4v) is 2.78. The summed E-state index contributed by atoms with van der Waals surface area (Å²) in [6.07, 6.45) is 2.29. The average Bonchev–Trinajstić information content (AvgIpc) is 2.89. The van der Waals surface area contributed by atoms with Crippen LogP contribution in [0.15, 0.2) is 18.2 Å². The van der Waals surface area contributed by atoms with E-state index in [1.54, 1.807) is 19.1 Å². The fraction of sp³-hybridized carbons (Fsp3) is 0.467. The van der Waals surface area contributed by atoms with Gasteiger partial charge in [-0.1, -0.05) is 18.6 Å². The maximum Gasteiger partial charge on any atom is 0.319 e. The van der Waals surface area contributed by atoms with E-state index < -0.39 is 23.7 Å². The molecule has 1 aromatic rings. The van der Waals surface area contributed by atoms with Gasteiger partial charge >= 0.3 is 12.0 Å².